The number of pyridine rings is 1. The zero-order valence-corrected chi connectivity index (χ0v) is 20.1. The maximum absolute atomic E-state index is 14.1. The van der Waals surface area contributed by atoms with Crippen molar-refractivity contribution in [2.24, 2.45) is 0 Å². The fourth-order valence-corrected chi connectivity index (χ4v) is 4.08. The lowest BCUT2D eigenvalue weighted by Crippen LogP contribution is -2.31. The van der Waals surface area contributed by atoms with Gasteiger partial charge in [0.05, 0.1) is 11.6 Å². The van der Waals surface area contributed by atoms with Crippen molar-refractivity contribution in [3.63, 3.8) is 0 Å². The molecule has 32 heavy (non-hydrogen) atoms. The molecule has 1 aliphatic rings. The van der Waals surface area contributed by atoms with E-state index in [4.69, 9.17) is 4.98 Å². The van der Waals surface area contributed by atoms with E-state index in [2.05, 4.69) is 48.4 Å². The van der Waals surface area contributed by atoms with Crippen LogP contribution in [0.25, 0.3) is 0 Å². The average molecular weight is 441 g/mol. The molecule has 1 atom stereocenters. The second kappa shape index (κ2) is 10.3. The van der Waals surface area contributed by atoms with E-state index in [1.54, 1.807) is 26.1 Å². The first kappa shape index (κ1) is 24.0. The molecular formula is C26H37FN4O. The van der Waals surface area contributed by atoms with E-state index in [1.165, 1.54) is 31.7 Å². The number of benzene rings is 1. The molecule has 0 spiro atoms. The highest BCUT2D eigenvalue weighted by Gasteiger charge is 2.22. The molecule has 174 valence electrons. The molecule has 0 radical (unpaired) electrons. The Morgan fingerprint density at radius 2 is 1.81 bits per heavy atom. The van der Waals surface area contributed by atoms with Crippen molar-refractivity contribution < 1.29 is 9.18 Å². The molecule has 0 saturated carbocycles. The van der Waals surface area contributed by atoms with Crippen molar-refractivity contribution in [2.75, 3.05) is 30.4 Å². The summed E-state index contributed by atoms with van der Waals surface area (Å²) in [6, 6.07) is 9.05. The van der Waals surface area contributed by atoms with Crippen molar-refractivity contribution in [1.29, 1.82) is 0 Å². The Hall–Kier alpha value is -2.63. The van der Waals surface area contributed by atoms with E-state index >= 15 is 0 Å². The van der Waals surface area contributed by atoms with Crippen LogP contribution in [-0.2, 0) is 16.8 Å². The molecule has 0 bridgehead atoms. The first-order valence-electron chi connectivity index (χ1n) is 11.7. The zero-order valence-electron chi connectivity index (χ0n) is 20.1. The van der Waals surface area contributed by atoms with Gasteiger partial charge in [0.15, 0.2) is 0 Å². The standard InChI is InChI=1S/C26H37FN4O/c1-18(19-10-12-22(28-5)21(27)16-19)25(32)29-17-20-11-13-23(26(2,3)4)30-24(20)31-14-8-6-7-9-15-31/h10-13,16,18,28H,6-9,14-15,17H2,1-5H3,(H,29,32). The minimum absolute atomic E-state index is 0.0412. The average Bonchev–Trinajstić information content (AvgIpc) is 3.05. The second-order valence-electron chi connectivity index (χ2n) is 9.76. The molecule has 1 saturated heterocycles. The summed E-state index contributed by atoms with van der Waals surface area (Å²) in [4.78, 5) is 20.3. The van der Waals surface area contributed by atoms with Gasteiger partial charge in [-0.25, -0.2) is 9.37 Å². The molecule has 1 unspecified atom stereocenters. The third-order valence-electron chi connectivity index (χ3n) is 6.24. The molecule has 1 aromatic heterocycles. The van der Waals surface area contributed by atoms with E-state index in [9.17, 15) is 9.18 Å². The molecule has 1 amide bonds. The monoisotopic (exact) mass is 440 g/mol. The molecule has 0 aliphatic carbocycles. The molecule has 2 aromatic rings. The van der Waals surface area contributed by atoms with Crippen molar-refractivity contribution in [3.05, 3.63) is 53.0 Å². The summed E-state index contributed by atoms with van der Waals surface area (Å²) in [5, 5.41) is 5.86. The predicted molar refractivity (Wildman–Crippen MR) is 130 cm³/mol. The smallest absolute Gasteiger partial charge is 0.227 e. The fourth-order valence-electron chi connectivity index (χ4n) is 4.08. The van der Waals surface area contributed by atoms with Crippen molar-refractivity contribution in [3.8, 4) is 0 Å². The van der Waals surface area contributed by atoms with E-state index in [-0.39, 0.29) is 17.1 Å². The summed E-state index contributed by atoms with van der Waals surface area (Å²) in [5.74, 6) is 0.0638. The van der Waals surface area contributed by atoms with E-state index in [1.807, 2.05) is 0 Å². The highest BCUT2D eigenvalue weighted by Crippen LogP contribution is 2.28. The Labute approximate surface area is 191 Å². The summed E-state index contributed by atoms with van der Waals surface area (Å²) in [7, 11) is 1.68. The van der Waals surface area contributed by atoms with Crippen LogP contribution in [0.3, 0.4) is 0 Å². The lowest BCUT2D eigenvalue weighted by atomic mass is 9.91. The maximum Gasteiger partial charge on any atom is 0.227 e. The molecule has 3 rings (SSSR count). The Morgan fingerprint density at radius 3 is 2.41 bits per heavy atom. The van der Waals surface area contributed by atoms with Gasteiger partial charge in [0.2, 0.25) is 5.91 Å². The third kappa shape index (κ3) is 5.78. The Kier molecular flexibility index (Phi) is 7.75. The number of hydrogen-bond acceptors (Lipinski definition) is 4. The number of nitrogens with zero attached hydrogens (tertiary/aromatic N) is 2. The normalized spacial score (nSPS) is 15.8. The number of hydrogen-bond donors (Lipinski definition) is 2. The number of rotatable bonds is 6. The van der Waals surface area contributed by atoms with Crippen LogP contribution in [0.15, 0.2) is 30.3 Å². The highest BCUT2D eigenvalue weighted by molar-refractivity contribution is 5.83. The summed E-state index contributed by atoms with van der Waals surface area (Å²) in [5.41, 5.74) is 3.12. The number of amides is 1. The minimum atomic E-state index is -0.446. The third-order valence-corrected chi connectivity index (χ3v) is 6.24. The van der Waals surface area contributed by atoms with Gasteiger partial charge in [-0.05, 0) is 43.5 Å². The molecule has 5 nitrogen and oxygen atoms in total. The van der Waals surface area contributed by atoms with Crippen LogP contribution >= 0.6 is 0 Å². The highest BCUT2D eigenvalue weighted by atomic mass is 19.1. The summed E-state index contributed by atoms with van der Waals surface area (Å²) >= 11 is 0. The van der Waals surface area contributed by atoms with Crippen LogP contribution in [0.4, 0.5) is 15.9 Å². The topological polar surface area (TPSA) is 57.3 Å². The van der Waals surface area contributed by atoms with Gasteiger partial charge in [-0.3, -0.25) is 4.79 Å². The van der Waals surface area contributed by atoms with Crippen LogP contribution in [-0.4, -0.2) is 31.0 Å². The molecule has 2 heterocycles. The fraction of sp³-hybridized carbons (Fsp3) is 0.538. The van der Waals surface area contributed by atoms with Gasteiger partial charge in [0.25, 0.3) is 0 Å². The van der Waals surface area contributed by atoms with E-state index in [0.29, 0.717) is 17.8 Å². The Balaban J connectivity index is 1.78. The molecule has 2 N–H and O–H groups in total. The summed E-state index contributed by atoms with van der Waals surface area (Å²) < 4.78 is 14.1. The largest absolute Gasteiger partial charge is 0.386 e. The van der Waals surface area contributed by atoms with Crippen molar-refractivity contribution >= 4 is 17.4 Å². The van der Waals surface area contributed by atoms with Gasteiger partial charge in [-0.2, -0.15) is 0 Å². The number of carbonyl (C=O) groups is 1. The van der Waals surface area contributed by atoms with Gasteiger partial charge < -0.3 is 15.5 Å². The second-order valence-corrected chi connectivity index (χ2v) is 9.76. The Bertz CT molecular complexity index is 930. The zero-order chi connectivity index (χ0) is 23.3. The summed E-state index contributed by atoms with van der Waals surface area (Å²) in [6.45, 7) is 10.7. The quantitative estimate of drug-likeness (QED) is 0.635. The predicted octanol–water partition coefficient (Wildman–Crippen LogP) is 5.36. The number of nitrogens with one attached hydrogen (secondary N) is 2. The first-order chi connectivity index (χ1) is 15.2. The van der Waals surface area contributed by atoms with Crippen molar-refractivity contribution in [2.45, 2.75) is 71.3 Å². The van der Waals surface area contributed by atoms with Crippen LogP contribution in [0.1, 0.15) is 76.1 Å². The van der Waals surface area contributed by atoms with Crippen molar-refractivity contribution in [1.82, 2.24) is 10.3 Å². The van der Waals surface area contributed by atoms with E-state index in [0.717, 1.165) is 30.2 Å². The maximum atomic E-state index is 14.1. The molecule has 1 aromatic carbocycles. The van der Waals surface area contributed by atoms with Gasteiger partial charge in [0, 0.05) is 43.4 Å². The number of anilines is 2. The van der Waals surface area contributed by atoms with Gasteiger partial charge >= 0.3 is 0 Å². The molecular weight excluding hydrogens is 403 g/mol. The Morgan fingerprint density at radius 1 is 1.12 bits per heavy atom. The first-order valence-corrected chi connectivity index (χ1v) is 11.7. The number of halogens is 1. The minimum Gasteiger partial charge on any atom is -0.386 e. The van der Waals surface area contributed by atoms with Crippen LogP contribution in [0.5, 0.6) is 0 Å². The SMILES string of the molecule is CNc1ccc(C(C)C(=O)NCc2ccc(C(C)(C)C)nc2N2CCCCCC2)cc1F. The van der Waals surface area contributed by atoms with Gasteiger partial charge in [0.1, 0.15) is 11.6 Å². The summed E-state index contributed by atoms with van der Waals surface area (Å²) in [6.07, 6.45) is 4.83. The molecule has 6 heteroatoms. The lowest BCUT2D eigenvalue weighted by Gasteiger charge is -2.27. The number of aromatic nitrogens is 1. The van der Waals surface area contributed by atoms with Gasteiger partial charge in [-0.1, -0.05) is 45.7 Å². The van der Waals surface area contributed by atoms with Crippen LogP contribution in [0, 0.1) is 5.82 Å². The van der Waals surface area contributed by atoms with Gasteiger partial charge in [-0.15, -0.1) is 0 Å². The molecule has 1 fully saturated rings. The van der Waals surface area contributed by atoms with Crippen LogP contribution < -0.4 is 15.5 Å². The van der Waals surface area contributed by atoms with Crippen LogP contribution in [0.2, 0.25) is 0 Å². The number of carbonyl (C=O) groups excluding carboxylic acids is 1. The molecule has 1 aliphatic heterocycles. The van der Waals surface area contributed by atoms with E-state index < -0.39 is 5.92 Å². The lowest BCUT2D eigenvalue weighted by molar-refractivity contribution is -0.122.